The third kappa shape index (κ3) is 6.51. The minimum absolute atomic E-state index is 0.0977. The minimum Gasteiger partial charge on any atom is -0.313 e. The quantitative estimate of drug-likeness (QED) is 0.716. The maximum Gasteiger partial charge on any atom is 0.211 e. The van der Waals surface area contributed by atoms with Gasteiger partial charge in [-0.3, -0.25) is 0 Å². The molecular formula is C12H26N2O4S2. The SMILES string of the molecule is CCNC(CC1CCCN(S(C)(=O)=O)C1)CS(C)(=O)=O. The maximum atomic E-state index is 11.6. The third-order valence-corrected chi connectivity index (χ3v) is 5.84. The fourth-order valence-corrected chi connectivity index (χ4v) is 4.71. The molecule has 2 unspecified atom stereocenters. The smallest absolute Gasteiger partial charge is 0.211 e. The van der Waals surface area contributed by atoms with Crippen molar-refractivity contribution in [3.63, 3.8) is 0 Å². The molecule has 20 heavy (non-hydrogen) atoms. The Morgan fingerprint density at radius 2 is 1.90 bits per heavy atom. The number of nitrogens with zero attached hydrogens (tertiary/aromatic N) is 1. The zero-order chi connectivity index (χ0) is 15.4. The Balaban J connectivity index is 2.64. The summed E-state index contributed by atoms with van der Waals surface area (Å²) >= 11 is 0. The van der Waals surface area contributed by atoms with Gasteiger partial charge < -0.3 is 5.32 Å². The van der Waals surface area contributed by atoms with Gasteiger partial charge in [0.15, 0.2) is 0 Å². The summed E-state index contributed by atoms with van der Waals surface area (Å²) in [5.74, 6) is 0.334. The zero-order valence-corrected chi connectivity index (χ0v) is 14.1. The summed E-state index contributed by atoms with van der Waals surface area (Å²) in [4.78, 5) is 0. The number of piperidine rings is 1. The highest BCUT2D eigenvalue weighted by Gasteiger charge is 2.28. The van der Waals surface area contributed by atoms with Crippen molar-refractivity contribution in [2.24, 2.45) is 5.92 Å². The van der Waals surface area contributed by atoms with Crippen LogP contribution in [0.1, 0.15) is 26.2 Å². The maximum absolute atomic E-state index is 11.6. The summed E-state index contributed by atoms with van der Waals surface area (Å²) < 4.78 is 47.5. The van der Waals surface area contributed by atoms with Crippen LogP contribution in [0.2, 0.25) is 0 Å². The average molecular weight is 326 g/mol. The summed E-state index contributed by atoms with van der Waals surface area (Å²) in [5.41, 5.74) is 0. The van der Waals surface area contributed by atoms with Gasteiger partial charge in [-0.1, -0.05) is 6.92 Å². The first-order chi connectivity index (χ1) is 9.12. The van der Waals surface area contributed by atoms with Crippen molar-refractivity contribution in [3.05, 3.63) is 0 Å². The monoisotopic (exact) mass is 326 g/mol. The lowest BCUT2D eigenvalue weighted by Gasteiger charge is -2.33. The van der Waals surface area contributed by atoms with Gasteiger partial charge in [-0.15, -0.1) is 0 Å². The molecule has 2 atom stereocenters. The van der Waals surface area contributed by atoms with Crippen molar-refractivity contribution in [2.75, 3.05) is 37.9 Å². The van der Waals surface area contributed by atoms with Crippen LogP contribution >= 0.6 is 0 Å². The summed E-state index contributed by atoms with van der Waals surface area (Å²) in [6, 6.07) is -0.0977. The molecule has 0 aromatic rings. The molecule has 0 amide bonds. The summed E-state index contributed by atoms with van der Waals surface area (Å²) in [7, 11) is -6.18. The molecule has 1 saturated heterocycles. The first kappa shape index (κ1) is 17.9. The second-order valence-electron chi connectivity index (χ2n) is 5.71. The molecule has 6 nitrogen and oxygen atoms in total. The van der Waals surface area contributed by atoms with E-state index in [-0.39, 0.29) is 17.7 Å². The molecule has 120 valence electrons. The molecule has 1 heterocycles. The van der Waals surface area contributed by atoms with Gasteiger partial charge >= 0.3 is 0 Å². The highest BCUT2D eigenvalue weighted by Crippen LogP contribution is 2.23. The van der Waals surface area contributed by atoms with Crippen LogP contribution in [0.5, 0.6) is 0 Å². The fraction of sp³-hybridized carbons (Fsp3) is 1.00. The highest BCUT2D eigenvalue weighted by atomic mass is 32.2. The topological polar surface area (TPSA) is 83.6 Å². The lowest BCUT2D eigenvalue weighted by atomic mass is 9.93. The Morgan fingerprint density at radius 1 is 1.25 bits per heavy atom. The van der Waals surface area contributed by atoms with Crippen LogP contribution in [-0.2, 0) is 19.9 Å². The average Bonchev–Trinajstić information content (AvgIpc) is 2.26. The first-order valence-corrected chi connectivity index (χ1v) is 10.9. The van der Waals surface area contributed by atoms with E-state index >= 15 is 0 Å². The van der Waals surface area contributed by atoms with E-state index in [0.717, 1.165) is 12.8 Å². The van der Waals surface area contributed by atoms with Gasteiger partial charge in [0.2, 0.25) is 10.0 Å². The number of hydrogen-bond donors (Lipinski definition) is 1. The molecule has 0 saturated carbocycles. The number of sulfonamides is 1. The van der Waals surface area contributed by atoms with Gasteiger partial charge in [0.25, 0.3) is 0 Å². The summed E-state index contributed by atoms with van der Waals surface area (Å²) in [6.07, 6.45) is 4.97. The van der Waals surface area contributed by atoms with E-state index in [9.17, 15) is 16.8 Å². The van der Waals surface area contributed by atoms with E-state index in [4.69, 9.17) is 0 Å². The van der Waals surface area contributed by atoms with Crippen LogP contribution < -0.4 is 5.32 Å². The molecule has 1 aliphatic rings. The molecule has 1 fully saturated rings. The molecule has 0 spiro atoms. The van der Waals surface area contributed by atoms with Gasteiger partial charge in [0.1, 0.15) is 9.84 Å². The van der Waals surface area contributed by atoms with E-state index in [1.54, 1.807) is 0 Å². The molecule has 1 aliphatic heterocycles. The molecule has 1 rings (SSSR count). The molecule has 0 aromatic carbocycles. The van der Waals surface area contributed by atoms with Gasteiger partial charge in [0.05, 0.1) is 12.0 Å². The number of rotatable bonds is 7. The molecule has 0 bridgehead atoms. The summed E-state index contributed by atoms with van der Waals surface area (Å²) in [5, 5.41) is 3.19. The van der Waals surface area contributed by atoms with Crippen molar-refractivity contribution in [1.82, 2.24) is 9.62 Å². The Kier molecular flexibility index (Phi) is 6.43. The van der Waals surface area contributed by atoms with Crippen molar-refractivity contribution in [2.45, 2.75) is 32.2 Å². The van der Waals surface area contributed by atoms with Gasteiger partial charge in [-0.05, 0) is 31.7 Å². The predicted octanol–water partition coefficient (Wildman–Crippen LogP) is 0.0708. The van der Waals surface area contributed by atoms with Gasteiger partial charge in [-0.2, -0.15) is 0 Å². The minimum atomic E-state index is -3.15. The van der Waals surface area contributed by atoms with E-state index in [0.29, 0.717) is 26.1 Å². The Morgan fingerprint density at radius 3 is 2.40 bits per heavy atom. The fourth-order valence-electron chi connectivity index (χ4n) is 2.79. The van der Waals surface area contributed by atoms with Crippen LogP contribution in [0.3, 0.4) is 0 Å². The van der Waals surface area contributed by atoms with E-state index in [1.807, 2.05) is 6.92 Å². The Bertz CT molecular complexity index is 502. The second-order valence-corrected chi connectivity index (χ2v) is 9.88. The molecule has 1 N–H and O–H groups in total. The van der Waals surface area contributed by atoms with Crippen LogP contribution in [0, 0.1) is 5.92 Å². The highest BCUT2D eigenvalue weighted by molar-refractivity contribution is 7.90. The zero-order valence-electron chi connectivity index (χ0n) is 12.5. The number of sulfone groups is 1. The third-order valence-electron chi connectivity index (χ3n) is 3.57. The Labute approximate surface area is 122 Å². The van der Waals surface area contributed by atoms with Gasteiger partial charge in [-0.25, -0.2) is 21.1 Å². The lowest BCUT2D eigenvalue weighted by molar-refractivity contribution is 0.242. The normalized spacial score (nSPS) is 23.6. The largest absolute Gasteiger partial charge is 0.313 e. The lowest BCUT2D eigenvalue weighted by Crippen LogP contribution is -2.43. The molecule has 0 aliphatic carbocycles. The van der Waals surface area contributed by atoms with E-state index < -0.39 is 19.9 Å². The van der Waals surface area contributed by atoms with Crippen LogP contribution in [-0.4, -0.2) is 65.1 Å². The molecule has 0 radical (unpaired) electrons. The number of hydrogen-bond acceptors (Lipinski definition) is 5. The van der Waals surface area contributed by atoms with Gasteiger partial charge in [0, 0.05) is 25.4 Å². The van der Waals surface area contributed by atoms with Crippen LogP contribution in [0.25, 0.3) is 0 Å². The van der Waals surface area contributed by atoms with Crippen LogP contribution in [0.4, 0.5) is 0 Å². The van der Waals surface area contributed by atoms with Crippen LogP contribution in [0.15, 0.2) is 0 Å². The van der Waals surface area contributed by atoms with Crippen molar-refractivity contribution in [1.29, 1.82) is 0 Å². The van der Waals surface area contributed by atoms with E-state index in [2.05, 4.69) is 5.32 Å². The van der Waals surface area contributed by atoms with Crippen molar-refractivity contribution in [3.8, 4) is 0 Å². The molecular weight excluding hydrogens is 300 g/mol. The standard InChI is InChI=1S/C12H26N2O4S2/c1-4-13-12(10-19(2,15)16)8-11-6-5-7-14(9-11)20(3,17)18/h11-13H,4-10H2,1-3H3. The molecule has 0 aromatic heterocycles. The first-order valence-electron chi connectivity index (χ1n) is 6.98. The second kappa shape index (κ2) is 7.20. The molecule has 8 heteroatoms. The number of nitrogens with one attached hydrogen (secondary N) is 1. The summed E-state index contributed by atoms with van der Waals surface area (Å²) in [6.45, 7) is 3.74. The van der Waals surface area contributed by atoms with Crippen molar-refractivity contribution < 1.29 is 16.8 Å². The Hall–Kier alpha value is -0.180. The van der Waals surface area contributed by atoms with E-state index in [1.165, 1.54) is 16.8 Å². The predicted molar refractivity (Wildman–Crippen MR) is 80.9 cm³/mol. The van der Waals surface area contributed by atoms with Crippen molar-refractivity contribution >= 4 is 19.9 Å².